The zero-order valence-corrected chi connectivity index (χ0v) is 15.2. The third-order valence-corrected chi connectivity index (χ3v) is 4.87. The van der Waals surface area contributed by atoms with Gasteiger partial charge in [-0.25, -0.2) is 9.37 Å². The quantitative estimate of drug-likeness (QED) is 0.636. The molecule has 0 atom stereocenters. The topological polar surface area (TPSA) is 74.2 Å². The first-order valence-corrected chi connectivity index (χ1v) is 9.14. The lowest BCUT2D eigenvalue weighted by Crippen LogP contribution is -2.15. The maximum atomic E-state index is 13.9. The van der Waals surface area contributed by atoms with Crippen molar-refractivity contribution in [3.05, 3.63) is 88.4 Å². The molecule has 0 saturated carbocycles. The van der Waals surface area contributed by atoms with Crippen molar-refractivity contribution in [3.8, 4) is 0 Å². The molecule has 0 bridgehead atoms. The number of benzene rings is 2. The molecule has 4 rings (SSSR count). The minimum atomic E-state index is -0.422. The van der Waals surface area contributed by atoms with E-state index in [1.165, 1.54) is 6.07 Å². The lowest BCUT2D eigenvalue weighted by atomic mass is 10.0. The monoisotopic (exact) mass is 377 g/mol. The Kier molecular flexibility index (Phi) is 5.04. The van der Waals surface area contributed by atoms with Gasteiger partial charge in [0, 0.05) is 29.6 Å². The number of aromatic nitrogens is 1. The molecule has 0 fully saturated rings. The van der Waals surface area contributed by atoms with E-state index in [0.717, 1.165) is 35.3 Å². The number of halogens is 1. The first-order chi connectivity index (χ1) is 13.6. The van der Waals surface area contributed by atoms with E-state index in [-0.39, 0.29) is 18.1 Å². The fourth-order valence-corrected chi connectivity index (χ4v) is 3.46. The predicted molar refractivity (Wildman–Crippen MR) is 106 cm³/mol. The van der Waals surface area contributed by atoms with Crippen molar-refractivity contribution >= 4 is 17.4 Å². The molecule has 2 aromatic carbocycles. The van der Waals surface area contributed by atoms with Crippen LogP contribution in [0.15, 0.2) is 54.7 Å². The third-order valence-electron chi connectivity index (χ3n) is 4.87. The number of rotatable bonds is 5. The number of hydrogen-bond acceptors (Lipinski definition) is 4. The van der Waals surface area contributed by atoms with Gasteiger partial charge in [-0.15, -0.1) is 0 Å². The van der Waals surface area contributed by atoms with E-state index in [9.17, 15) is 9.18 Å². The number of carbonyl (C=O) groups is 1. The van der Waals surface area contributed by atoms with Gasteiger partial charge < -0.3 is 15.7 Å². The van der Waals surface area contributed by atoms with Crippen LogP contribution in [0.3, 0.4) is 0 Å². The summed E-state index contributed by atoms with van der Waals surface area (Å²) in [6, 6.07) is 14.1. The normalized spacial score (nSPS) is 12.4. The lowest BCUT2D eigenvalue weighted by Gasteiger charge is -2.10. The molecule has 0 aliphatic carbocycles. The molecule has 0 radical (unpaired) electrons. The second kappa shape index (κ2) is 7.78. The van der Waals surface area contributed by atoms with Crippen molar-refractivity contribution < 1.29 is 14.3 Å². The SMILES string of the molecule is O=C(Nc1cc(Cc2ccc(CO)c(F)c2)ccn1)c1cccc2c1CCN2. The van der Waals surface area contributed by atoms with Crippen LogP contribution in [-0.2, 0) is 19.4 Å². The number of pyridine rings is 1. The summed E-state index contributed by atoms with van der Waals surface area (Å²) in [7, 11) is 0. The van der Waals surface area contributed by atoms with Crippen LogP contribution in [0.1, 0.15) is 32.6 Å². The largest absolute Gasteiger partial charge is 0.392 e. The maximum absolute atomic E-state index is 13.9. The van der Waals surface area contributed by atoms with E-state index in [0.29, 0.717) is 17.8 Å². The van der Waals surface area contributed by atoms with E-state index < -0.39 is 5.82 Å². The lowest BCUT2D eigenvalue weighted by molar-refractivity contribution is 0.102. The van der Waals surface area contributed by atoms with Crippen LogP contribution < -0.4 is 10.6 Å². The minimum absolute atomic E-state index is 0.191. The van der Waals surface area contributed by atoms with E-state index in [4.69, 9.17) is 5.11 Å². The van der Waals surface area contributed by atoms with Crippen LogP contribution in [0.25, 0.3) is 0 Å². The summed E-state index contributed by atoms with van der Waals surface area (Å²) in [5.41, 5.74) is 4.64. The van der Waals surface area contributed by atoms with Crippen LogP contribution in [-0.4, -0.2) is 22.5 Å². The van der Waals surface area contributed by atoms with Gasteiger partial charge >= 0.3 is 0 Å². The molecular weight excluding hydrogens is 357 g/mol. The Morgan fingerprint density at radius 1 is 1.18 bits per heavy atom. The van der Waals surface area contributed by atoms with Crippen molar-refractivity contribution in [3.63, 3.8) is 0 Å². The van der Waals surface area contributed by atoms with E-state index in [2.05, 4.69) is 15.6 Å². The van der Waals surface area contributed by atoms with Crippen molar-refractivity contribution in [2.75, 3.05) is 17.2 Å². The molecule has 0 saturated heterocycles. The molecular formula is C22H20FN3O2. The Balaban J connectivity index is 1.51. The highest BCUT2D eigenvalue weighted by Gasteiger charge is 2.18. The highest BCUT2D eigenvalue weighted by Crippen LogP contribution is 2.26. The molecule has 1 amide bonds. The number of hydrogen-bond donors (Lipinski definition) is 3. The maximum Gasteiger partial charge on any atom is 0.257 e. The molecule has 0 spiro atoms. The number of fused-ring (bicyclic) bond motifs is 1. The van der Waals surface area contributed by atoms with Crippen LogP contribution in [0, 0.1) is 5.82 Å². The average molecular weight is 377 g/mol. The molecule has 1 aromatic heterocycles. The smallest absolute Gasteiger partial charge is 0.257 e. The van der Waals surface area contributed by atoms with Gasteiger partial charge in [-0.3, -0.25) is 4.79 Å². The van der Waals surface area contributed by atoms with Gasteiger partial charge in [0.1, 0.15) is 11.6 Å². The first kappa shape index (κ1) is 18.1. The van der Waals surface area contributed by atoms with E-state index >= 15 is 0 Å². The second-order valence-electron chi connectivity index (χ2n) is 6.77. The van der Waals surface area contributed by atoms with E-state index in [1.807, 2.05) is 24.3 Å². The van der Waals surface area contributed by atoms with Gasteiger partial charge in [0.2, 0.25) is 0 Å². The molecule has 1 aliphatic heterocycles. The minimum Gasteiger partial charge on any atom is -0.392 e. The van der Waals surface area contributed by atoms with Crippen molar-refractivity contribution in [2.24, 2.45) is 0 Å². The Morgan fingerprint density at radius 2 is 2.04 bits per heavy atom. The van der Waals surface area contributed by atoms with Gasteiger partial charge in [0.15, 0.2) is 0 Å². The Bertz CT molecular complexity index is 1040. The fourth-order valence-electron chi connectivity index (χ4n) is 3.46. The van der Waals surface area contributed by atoms with E-state index in [1.54, 1.807) is 24.4 Å². The number of carbonyl (C=O) groups excluding carboxylic acids is 1. The number of nitrogens with zero attached hydrogens (tertiary/aromatic N) is 1. The van der Waals surface area contributed by atoms with Crippen LogP contribution >= 0.6 is 0 Å². The molecule has 0 unspecified atom stereocenters. The first-order valence-electron chi connectivity index (χ1n) is 9.14. The van der Waals surface area contributed by atoms with Crippen LogP contribution in [0.2, 0.25) is 0 Å². The van der Waals surface area contributed by atoms with Crippen molar-refractivity contribution in [1.82, 2.24) is 4.98 Å². The van der Waals surface area contributed by atoms with Crippen LogP contribution in [0.5, 0.6) is 0 Å². The summed E-state index contributed by atoms with van der Waals surface area (Å²) in [6.07, 6.45) is 2.95. The molecule has 142 valence electrons. The average Bonchev–Trinajstić information content (AvgIpc) is 3.17. The molecule has 5 nitrogen and oxygen atoms in total. The van der Waals surface area contributed by atoms with Crippen LogP contribution in [0.4, 0.5) is 15.9 Å². The summed E-state index contributed by atoms with van der Waals surface area (Å²) in [5.74, 6) is -0.156. The Labute approximate surface area is 162 Å². The summed E-state index contributed by atoms with van der Waals surface area (Å²) in [6.45, 7) is 0.509. The summed E-state index contributed by atoms with van der Waals surface area (Å²) >= 11 is 0. The zero-order chi connectivity index (χ0) is 19.5. The van der Waals surface area contributed by atoms with Crippen molar-refractivity contribution in [1.29, 1.82) is 0 Å². The molecule has 3 aromatic rings. The standard InChI is InChI=1S/C22H20FN3O2/c23-19-11-14(4-5-16(19)13-27)10-15-6-8-25-21(12-15)26-22(28)18-2-1-3-20-17(18)7-9-24-20/h1-6,8,11-12,24,27H,7,9-10,13H2,(H,25,26,28). The van der Waals surface area contributed by atoms with Crippen molar-refractivity contribution in [2.45, 2.75) is 19.4 Å². The Morgan fingerprint density at radius 3 is 2.86 bits per heavy atom. The summed E-state index contributed by atoms with van der Waals surface area (Å²) in [4.78, 5) is 16.9. The third kappa shape index (κ3) is 3.73. The van der Waals surface area contributed by atoms with Gasteiger partial charge in [0.25, 0.3) is 5.91 Å². The molecule has 1 aliphatic rings. The van der Waals surface area contributed by atoms with Gasteiger partial charge in [0.05, 0.1) is 6.61 Å². The number of nitrogens with one attached hydrogen (secondary N) is 2. The van der Waals surface area contributed by atoms with Gasteiger partial charge in [-0.2, -0.15) is 0 Å². The molecule has 3 N–H and O–H groups in total. The number of amides is 1. The number of anilines is 2. The Hall–Kier alpha value is -3.25. The predicted octanol–water partition coefficient (Wildman–Crippen LogP) is 3.52. The van der Waals surface area contributed by atoms with Gasteiger partial charge in [-0.1, -0.05) is 18.2 Å². The molecule has 6 heteroatoms. The summed E-state index contributed by atoms with van der Waals surface area (Å²) < 4.78 is 13.9. The number of aliphatic hydroxyl groups is 1. The van der Waals surface area contributed by atoms with Gasteiger partial charge in [-0.05, 0) is 59.9 Å². The molecule has 28 heavy (non-hydrogen) atoms. The second-order valence-corrected chi connectivity index (χ2v) is 6.77. The fraction of sp³-hybridized carbons (Fsp3) is 0.182. The molecule has 2 heterocycles. The highest BCUT2D eigenvalue weighted by molar-refractivity contribution is 6.06. The number of aliphatic hydroxyl groups excluding tert-OH is 1. The summed E-state index contributed by atoms with van der Waals surface area (Å²) in [5, 5.41) is 15.2. The highest BCUT2D eigenvalue weighted by atomic mass is 19.1. The zero-order valence-electron chi connectivity index (χ0n) is 15.2.